The monoisotopic (exact) mass is 488 g/mol. The number of aromatic amines is 1. The first kappa shape index (κ1) is 23.6. The summed E-state index contributed by atoms with van der Waals surface area (Å²) < 4.78 is 12.3. The molecule has 3 aliphatic rings. The summed E-state index contributed by atoms with van der Waals surface area (Å²) in [6.07, 6.45) is 9.64. The summed E-state index contributed by atoms with van der Waals surface area (Å²) in [5, 5.41) is 11.0. The first-order valence-corrected chi connectivity index (χ1v) is 13.4. The molecular weight excluding hydrogens is 452 g/mol. The molecule has 0 unspecified atom stereocenters. The van der Waals surface area contributed by atoms with Gasteiger partial charge < -0.3 is 19.6 Å². The molecule has 1 saturated carbocycles. The third-order valence-electron chi connectivity index (χ3n) is 8.53. The van der Waals surface area contributed by atoms with Crippen LogP contribution < -0.4 is 4.74 Å². The van der Waals surface area contributed by atoms with E-state index in [4.69, 9.17) is 9.47 Å². The molecule has 2 heterocycles. The fourth-order valence-electron chi connectivity index (χ4n) is 6.43. The van der Waals surface area contributed by atoms with Crippen LogP contribution in [0.2, 0.25) is 0 Å². The molecule has 6 rings (SSSR count). The van der Waals surface area contributed by atoms with Crippen molar-refractivity contribution in [2.45, 2.75) is 70.6 Å². The maximum atomic E-state index is 11.9. The lowest BCUT2D eigenvalue weighted by atomic mass is 9.87. The third-order valence-corrected chi connectivity index (χ3v) is 8.53. The molecule has 6 heteroatoms. The van der Waals surface area contributed by atoms with Crippen molar-refractivity contribution in [3.63, 3.8) is 0 Å². The fraction of sp³-hybridized carbons (Fsp3) is 0.500. The van der Waals surface area contributed by atoms with Crippen LogP contribution in [0, 0.1) is 12.8 Å². The predicted octanol–water partition coefficient (Wildman–Crippen LogP) is 5.80. The molecule has 3 aromatic rings. The minimum absolute atomic E-state index is 0.192. The number of nitrogens with zero attached hydrogens (tertiary/aromatic N) is 1. The Morgan fingerprint density at radius 3 is 2.78 bits per heavy atom. The van der Waals surface area contributed by atoms with E-state index in [0.717, 1.165) is 74.5 Å². The molecular formula is C30H36N2O4. The summed E-state index contributed by atoms with van der Waals surface area (Å²) in [5.41, 5.74) is 7.63. The van der Waals surface area contributed by atoms with Crippen molar-refractivity contribution in [3.8, 4) is 5.75 Å². The second-order valence-corrected chi connectivity index (χ2v) is 10.9. The van der Waals surface area contributed by atoms with Crippen LogP contribution in [0.15, 0.2) is 30.5 Å². The van der Waals surface area contributed by atoms with Gasteiger partial charge in [0.15, 0.2) is 0 Å². The lowest BCUT2D eigenvalue weighted by Gasteiger charge is -2.41. The van der Waals surface area contributed by atoms with Gasteiger partial charge in [0, 0.05) is 48.4 Å². The number of carbonyl (C=O) groups is 1. The Kier molecular flexibility index (Phi) is 6.26. The van der Waals surface area contributed by atoms with Gasteiger partial charge in [0.05, 0.1) is 18.8 Å². The molecule has 2 aromatic carbocycles. The number of benzene rings is 2. The number of hydrogen-bond acceptors (Lipinski definition) is 4. The number of carboxylic acids is 1. The molecule has 36 heavy (non-hydrogen) atoms. The number of likely N-dealkylation sites (tertiary alicyclic amines) is 1. The topological polar surface area (TPSA) is 74.8 Å². The minimum Gasteiger partial charge on any atom is -0.496 e. The number of rotatable bonds is 8. The van der Waals surface area contributed by atoms with E-state index < -0.39 is 5.97 Å². The highest BCUT2D eigenvalue weighted by atomic mass is 16.5. The average molecular weight is 489 g/mol. The smallest absolute Gasteiger partial charge is 0.335 e. The van der Waals surface area contributed by atoms with E-state index in [-0.39, 0.29) is 12.1 Å². The van der Waals surface area contributed by atoms with Gasteiger partial charge >= 0.3 is 5.97 Å². The highest BCUT2D eigenvalue weighted by molar-refractivity contribution is 5.90. The summed E-state index contributed by atoms with van der Waals surface area (Å²) in [7, 11) is 1.75. The van der Waals surface area contributed by atoms with Gasteiger partial charge in [-0.25, -0.2) is 4.79 Å². The van der Waals surface area contributed by atoms with Crippen LogP contribution in [0.5, 0.6) is 5.75 Å². The zero-order valence-electron chi connectivity index (χ0n) is 21.3. The Morgan fingerprint density at radius 1 is 1.17 bits per heavy atom. The summed E-state index contributed by atoms with van der Waals surface area (Å²) in [4.78, 5) is 17.9. The molecule has 1 aliphatic heterocycles. The van der Waals surface area contributed by atoms with Crippen molar-refractivity contribution < 1.29 is 19.4 Å². The maximum absolute atomic E-state index is 11.9. The number of ether oxygens (including phenoxy) is 2. The number of methoxy groups -OCH3 is 1. The number of H-pyrrole nitrogens is 1. The van der Waals surface area contributed by atoms with E-state index in [9.17, 15) is 9.90 Å². The van der Waals surface area contributed by atoms with Crippen LogP contribution in [0.4, 0.5) is 0 Å². The van der Waals surface area contributed by atoms with Gasteiger partial charge in [0.1, 0.15) is 5.75 Å². The van der Waals surface area contributed by atoms with Crippen molar-refractivity contribution in [2.24, 2.45) is 5.92 Å². The van der Waals surface area contributed by atoms with Gasteiger partial charge in [-0.3, -0.25) is 4.90 Å². The highest BCUT2D eigenvalue weighted by Gasteiger charge is 2.35. The molecule has 6 nitrogen and oxygen atoms in total. The molecule has 0 bridgehead atoms. The standard InChI is InChI=1S/C30H36N2O4/c1-18-14-28(35-2)26(24-10-12-31-29(18)24)16-32-13-11-20(36-17-19-6-7-19)15-27(32)23-8-9-25(30(33)34)22-5-3-4-21(22)23/h8-10,12,14,19-20,27,31H,3-7,11,13,15-17H2,1-2H3,(H,33,34)/t20-,27+/m0/s1. The summed E-state index contributed by atoms with van der Waals surface area (Å²) in [6.45, 7) is 4.72. The van der Waals surface area contributed by atoms with Gasteiger partial charge in [-0.15, -0.1) is 0 Å². The number of hydrogen-bond donors (Lipinski definition) is 2. The van der Waals surface area contributed by atoms with Gasteiger partial charge in [0.2, 0.25) is 0 Å². The molecule has 2 atom stereocenters. The van der Waals surface area contributed by atoms with Gasteiger partial charge in [-0.1, -0.05) is 6.07 Å². The van der Waals surface area contributed by atoms with E-state index in [1.807, 2.05) is 12.3 Å². The Labute approximate surface area is 212 Å². The van der Waals surface area contributed by atoms with Crippen LogP contribution in [0.1, 0.15) is 76.3 Å². The molecule has 2 aliphatic carbocycles. The Hall–Kier alpha value is -2.83. The normalized spacial score (nSPS) is 22.2. The van der Waals surface area contributed by atoms with E-state index in [1.165, 1.54) is 40.5 Å². The third kappa shape index (κ3) is 4.31. The Bertz CT molecular complexity index is 1290. The highest BCUT2D eigenvalue weighted by Crippen LogP contribution is 2.42. The zero-order valence-corrected chi connectivity index (χ0v) is 21.3. The van der Waals surface area contributed by atoms with Crippen molar-refractivity contribution in [1.82, 2.24) is 9.88 Å². The van der Waals surface area contributed by atoms with Crippen LogP contribution in [-0.2, 0) is 24.1 Å². The number of carboxylic acid groups (broad SMARTS) is 1. The van der Waals surface area contributed by atoms with E-state index in [2.05, 4.69) is 35.0 Å². The first-order valence-electron chi connectivity index (χ1n) is 13.4. The summed E-state index contributed by atoms with van der Waals surface area (Å²) >= 11 is 0. The van der Waals surface area contributed by atoms with E-state index in [1.54, 1.807) is 7.11 Å². The number of nitrogens with one attached hydrogen (secondary N) is 1. The van der Waals surface area contributed by atoms with Crippen LogP contribution in [0.3, 0.4) is 0 Å². The lowest BCUT2D eigenvalue weighted by molar-refractivity contribution is -0.0230. The maximum Gasteiger partial charge on any atom is 0.335 e. The van der Waals surface area contributed by atoms with Crippen molar-refractivity contribution in [1.29, 1.82) is 0 Å². The molecule has 2 fully saturated rings. The molecule has 1 aromatic heterocycles. The molecule has 1 saturated heterocycles. The molecule has 0 amide bonds. The van der Waals surface area contributed by atoms with Crippen LogP contribution in [-0.4, -0.2) is 47.3 Å². The molecule has 2 N–H and O–H groups in total. The number of piperidine rings is 1. The van der Waals surface area contributed by atoms with Crippen LogP contribution >= 0.6 is 0 Å². The fourth-order valence-corrected chi connectivity index (χ4v) is 6.43. The Balaban J connectivity index is 1.37. The van der Waals surface area contributed by atoms with Crippen molar-refractivity contribution in [2.75, 3.05) is 20.3 Å². The summed E-state index contributed by atoms with van der Waals surface area (Å²) in [5.74, 6) is 0.862. The quantitative estimate of drug-likeness (QED) is 0.419. The van der Waals surface area contributed by atoms with Gasteiger partial charge in [-0.05, 0) is 98.2 Å². The minimum atomic E-state index is -0.815. The second-order valence-electron chi connectivity index (χ2n) is 10.9. The number of fused-ring (bicyclic) bond motifs is 2. The molecule has 0 spiro atoms. The zero-order chi connectivity index (χ0) is 24.8. The number of aryl methyl sites for hydroxylation is 1. The van der Waals surface area contributed by atoms with Crippen molar-refractivity contribution in [3.05, 3.63) is 63.8 Å². The van der Waals surface area contributed by atoms with E-state index >= 15 is 0 Å². The predicted molar refractivity (Wildman–Crippen MR) is 140 cm³/mol. The number of aromatic carboxylic acids is 1. The first-order chi connectivity index (χ1) is 17.5. The largest absolute Gasteiger partial charge is 0.496 e. The van der Waals surface area contributed by atoms with Crippen molar-refractivity contribution >= 4 is 16.9 Å². The SMILES string of the molecule is COc1cc(C)c2[nH]ccc2c1CN1CC[C@H](OCC2CC2)C[C@@H]1c1ccc(C(=O)O)c2c1CCC2. The number of aromatic nitrogens is 1. The van der Waals surface area contributed by atoms with E-state index in [0.29, 0.717) is 5.56 Å². The van der Waals surface area contributed by atoms with Gasteiger partial charge in [-0.2, -0.15) is 0 Å². The Morgan fingerprint density at radius 2 is 2.00 bits per heavy atom. The lowest BCUT2D eigenvalue weighted by Crippen LogP contribution is -2.40. The molecule has 0 radical (unpaired) electrons. The second kappa shape index (κ2) is 9.56. The summed E-state index contributed by atoms with van der Waals surface area (Å²) in [6, 6.07) is 8.41. The van der Waals surface area contributed by atoms with Crippen LogP contribution in [0.25, 0.3) is 10.9 Å². The molecule has 190 valence electrons. The average Bonchev–Trinajstić information content (AvgIpc) is 3.34. The van der Waals surface area contributed by atoms with Gasteiger partial charge in [0.25, 0.3) is 0 Å².